The van der Waals surface area contributed by atoms with Gasteiger partial charge in [-0.1, -0.05) is 159 Å². The van der Waals surface area contributed by atoms with Crippen LogP contribution in [0.5, 0.6) is 0 Å². The number of benzene rings is 9. The van der Waals surface area contributed by atoms with Gasteiger partial charge in [-0.25, -0.2) is 9.97 Å². The number of fused-ring (bicyclic) bond motifs is 6. The van der Waals surface area contributed by atoms with Crippen LogP contribution in [0, 0.1) is 0 Å². The number of rotatable bonds is 4. The maximum Gasteiger partial charge on any atom is 0.179 e. The van der Waals surface area contributed by atoms with E-state index in [0.717, 1.165) is 49.8 Å². The first-order valence-corrected chi connectivity index (χ1v) is 19.7. The quantitative estimate of drug-likeness (QED) is 0.170. The fraction of sp³-hybridized carbons (Fsp3) is 0.0556. The Balaban J connectivity index is 0.988. The van der Waals surface area contributed by atoms with Crippen LogP contribution in [0.4, 0.5) is 0 Å². The highest BCUT2D eigenvalue weighted by Gasteiger charge is 2.35. The molecule has 0 bridgehead atoms. The molecule has 1 aliphatic rings. The Morgan fingerprint density at radius 3 is 1.93 bits per heavy atom. The third kappa shape index (κ3) is 4.76. The number of nitrogens with zero attached hydrogens (tertiary/aromatic N) is 3. The van der Waals surface area contributed by atoms with Crippen molar-refractivity contribution in [3.63, 3.8) is 0 Å². The standard InChI is InChI=1S/C54H35N3/c1-54(2)46-16-6-5-15-42(46)43-25-22-37(30-47(43)54)36-12-8-13-38(29-36)51-45-27-19-32-9-3-4-14-41(32)52(45)57-53(56-51)48-28-23-39(31-55-48)40-24-20-35-18-17-33-10-7-11-34-21-26-44(40)50(35)49(33)34/h3-31H,1-2H3. The molecule has 3 heteroatoms. The molecule has 0 fully saturated rings. The van der Waals surface area contributed by atoms with E-state index in [1.54, 1.807) is 0 Å². The van der Waals surface area contributed by atoms with E-state index in [2.05, 4.69) is 184 Å². The average Bonchev–Trinajstić information content (AvgIpc) is 3.50. The number of hydrogen-bond acceptors (Lipinski definition) is 3. The highest BCUT2D eigenvalue weighted by molar-refractivity contribution is 6.25. The van der Waals surface area contributed by atoms with Gasteiger partial charge in [-0.05, 0) is 101 Å². The van der Waals surface area contributed by atoms with Gasteiger partial charge in [-0.2, -0.15) is 0 Å². The van der Waals surface area contributed by atoms with Crippen molar-refractivity contribution in [2.45, 2.75) is 19.3 Å². The van der Waals surface area contributed by atoms with E-state index in [1.165, 1.54) is 65.7 Å². The SMILES string of the molecule is CC1(C)c2ccccc2-c2ccc(-c3cccc(-c4nc(-c5ccc(-c6ccc7ccc8cccc9ccc6c7c89)cn5)nc5c4ccc4ccccc45)c3)cc21. The van der Waals surface area contributed by atoms with Gasteiger partial charge in [0.2, 0.25) is 0 Å². The van der Waals surface area contributed by atoms with E-state index in [4.69, 9.17) is 15.0 Å². The van der Waals surface area contributed by atoms with Crippen molar-refractivity contribution in [2.75, 3.05) is 0 Å². The summed E-state index contributed by atoms with van der Waals surface area (Å²) in [7, 11) is 0. The van der Waals surface area contributed by atoms with Crippen LogP contribution in [0.2, 0.25) is 0 Å². The summed E-state index contributed by atoms with van der Waals surface area (Å²) in [6, 6.07) is 61.6. The van der Waals surface area contributed by atoms with Crippen LogP contribution in [-0.2, 0) is 5.41 Å². The maximum absolute atomic E-state index is 5.33. The number of aromatic nitrogens is 3. The fourth-order valence-corrected chi connectivity index (χ4v) is 9.60. The average molecular weight is 726 g/mol. The molecular weight excluding hydrogens is 691 g/mol. The van der Waals surface area contributed by atoms with Crippen LogP contribution < -0.4 is 0 Å². The van der Waals surface area contributed by atoms with Gasteiger partial charge in [-0.3, -0.25) is 4.98 Å². The molecule has 0 atom stereocenters. The summed E-state index contributed by atoms with van der Waals surface area (Å²) < 4.78 is 0. The Morgan fingerprint density at radius 1 is 0.404 bits per heavy atom. The smallest absolute Gasteiger partial charge is 0.179 e. The lowest BCUT2D eigenvalue weighted by Gasteiger charge is -2.22. The zero-order valence-electron chi connectivity index (χ0n) is 31.6. The van der Waals surface area contributed by atoms with Crippen molar-refractivity contribution >= 4 is 54.0 Å². The molecule has 0 N–H and O–H groups in total. The molecule has 57 heavy (non-hydrogen) atoms. The van der Waals surface area contributed by atoms with Gasteiger partial charge in [0.15, 0.2) is 5.82 Å². The van der Waals surface area contributed by atoms with E-state index >= 15 is 0 Å². The first-order chi connectivity index (χ1) is 28.0. The topological polar surface area (TPSA) is 38.7 Å². The largest absolute Gasteiger partial charge is 0.252 e. The number of hydrogen-bond donors (Lipinski definition) is 0. The molecule has 2 aromatic heterocycles. The minimum atomic E-state index is -0.0686. The Bertz CT molecular complexity index is 3420. The molecule has 0 unspecified atom stereocenters. The summed E-state index contributed by atoms with van der Waals surface area (Å²) in [5.41, 5.74) is 13.5. The minimum Gasteiger partial charge on any atom is -0.252 e. The molecule has 0 aliphatic heterocycles. The molecule has 0 spiro atoms. The van der Waals surface area contributed by atoms with E-state index in [9.17, 15) is 0 Å². The van der Waals surface area contributed by atoms with Crippen LogP contribution in [0.15, 0.2) is 176 Å². The molecule has 0 radical (unpaired) electrons. The van der Waals surface area contributed by atoms with Crippen molar-refractivity contribution in [3.05, 3.63) is 187 Å². The normalized spacial score (nSPS) is 13.2. The molecule has 0 amide bonds. The van der Waals surface area contributed by atoms with Crippen molar-refractivity contribution in [1.29, 1.82) is 0 Å². The Morgan fingerprint density at radius 2 is 1.05 bits per heavy atom. The summed E-state index contributed by atoms with van der Waals surface area (Å²) in [5, 5.41) is 10.9. The van der Waals surface area contributed by atoms with Gasteiger partial charge >= 0.3 is 0 Å². The first kappa shape index (κ1) is 32.1. The Labute approximate surface area is 330 Å². The summed E-state index contributed by atoms with van der Waals surface area (Å²) in [6.07, 6.45) is 1.98. The second kappa shape index (κ2) is 11.9. The van der Waals surface area contributed by atoms with Crippen LogP contribution in [0.1, 0.15) is 25.0 Å². The highest BCUT2D eigenvalue weighted by Crippen LogP contribution is 2.50. The zero-order valence-corrected chi connectivity index (χ0v) is 31.6. The van der Waals surface area contributed by atoms with Gasteiger partial charge in [0, 0.05) is 33.5 Å². The molecule has 9 aromatic carbocycles. The van der Waals surface area contributed by atoms with Crippen molar-refractivity contribution in [1.82, 2.24) is 15.0 Å². The fourth-order valence-electron chi connectivity index (χ4n) is 9.60. The van der Waals surface area contributed by atoms with Crippen LogP contribution >= 0.6 is 0 Å². The highest BCUT2D eigenvalue weighted by atomic mass is 14.9. The van der Waals surface area contributed by atoms with Gasteiger partial charge in [0.1, 0.15) is 5.69 Å². The lowest BCUT2D eigenvalue weighted by Crippen LogP contribution is -2.14. The van der Waals surface area contributed by atoms with Gasteiger partial charge < -0.3 is 0 Å². The molecule has 266 valence electrons. The van der Waals surface area contributed by atoms with Gasteiger partial charge in [0.25, 0.3) is 0 Å². The molecule has 2 heterocycles. The van der Waals surface area contributed by atoms with Crippen molar-refractivity contribution in [3.8, 4) is 56.2 Å². The first-order valence-electron chi connectivity index (χ1n) is 19.7. The molecule has 3 nitrogen and oxygen atoms in total. The maximum atomic E-state index is 5.33. The van der Waals surface area contributed by atoms with E-state index in [-0.39, 0.29) is 5.41 Å². The molecule has 12 rings (SSSR count). The third-order valence-electron chi connectivity index (χ3n) is 12.5. The summed E-state index contributed by atoms with van der Waals surface area (Å²) in [5.74, 6) is 0.609. The van der Waals surface area contributed by atoms with Crippen LogP contribution in [0.25, 0.3) is 110 Å². The second-order valence-corrected chi connectivity index (χ2v) is 16.0. The Kier molecular flexibility index (Phi) is 6.68. The summed E-state index contributed by atoms with van der Waals surface area (Å²) in [4.78, 5) is 15.6. The molecule has 0 saturated heterocycles. The van der Waals surface area contributed by atoms with Crippen LogP contribution in [-0.4, -0.2) is 15.0 Å². The van der Waals surface area contributed by atoms with Gasteiger partial charge in [-0.15, -0.1) is 0 Å². The monoisotopic (exact) mass is 725 g/mol. The molecule has 0 saturated carbocycles. The lowest BCUT2D eigenvalue weighted by molar-refractivity contribution is 0.660. The van der Waals surface area contributed by atoms with E-state index in [0.29, 0.717) is 5.82 Å². The zero-order chi connectivity index (χ0) is 37.8. The molecule has 11 aromatic rings. The summed E-state index contributed by atoms with van der Waals surface area (Å²) in [6.45, 7) is 4.67. The predicted octanol–water partition coefficient (Wildman–Crippen LogP) is 14.0. The molecular formula is C54H35N3. The minimum absolute atomic E-state index is 0.0686. The van der Waals surface area contributed by atoms with Crippen molar-refractivity contribution in [2.24, 2.45) is 0 Å². The van der Waals surface area contributed by atoms with E-state index < -0.39 is 0 Å². The van der Waals surface area contributed by atoms with E-state index in [1.807, 2.05) is 6.20 Å². The second-order valence-electron chi connectivity index (χ2n) is 16.0. The summed E-state index contributed by atoms with van der Waals surface area (Å²) >= 11 is 0. The number of pyridine rings is 1. The Hall–Kier alpha value is -7.23. The van der Waals surface area contributed by atoms with Crippen molar-refractivity contribution < 1.29 is 0 Å². The van der Waals surface area contributed by atoms with Crippen LogP contribution in [0.3, 0.4) is 0 Å². The third-order valence-corrected chi connectivity index (χ3v) is 12.5. The van der Waals surface area contributed by atoms with Gasteiger partial charge in [0.05, 0.1) is 11.2 Å². The molecule has 1 aliphatic carbocycles. The lowest BCUT2D eigenvalue weighted by atomic mass is 9.81. The predicted molar refractivity (Wildman–Crippen MR) is 238 cm³/mol.